The molecule has 4 rings (SSSR count). The van der Waals surface area contributed by atoms with E-state index in [1.54, 1.807) is 4.68 Å². The number of nitriles is 1. The zero-order chi connectivity index (χ0) is 23.0. The van der Waals surface area contributed by atoms with Crippen molar-refractivity contribution >= 4 is 23.5 Å². The van der Waals surface area contributed by atoms with Crippen molar-refractivity contribution in [2.75, 3.05) is 11.9 Å². The maximum atomic E-state index is 13.2. The van der Waals surface area contributed by atoms with E-state index in [0.29, 0.717) is 18.5 Å². The maximum Gasteiger partial charge on any atom is 0.407 e. The van der Waals surface area contributed by atoms with Gasteiger partial charge in [0.2, 0.25) is 0 Å². The smallest absolute Gasteiger partial charge is 0.407 e. The predicted molar refractivity (Wildman–Crippen MR) is 114 cm³/mol. The van der Waals surface area contributed by atoms with Gasteiger partial charge in [-0.3, -0.25) is 9.48 Å². The first-order valence-corrected chi connectivity index (χ1v) is 10.5. The summed E-state index contributed by atoms with van der Waals surface area (Å²) >= 11 is 0. The zero-order valence-electron chi connectivity index (χ0n) is 17.7. The van der Waals surface area contributed by atoms with Gasteiger partial charge in [0.25, 0.3) is 5.91 Å². The summed E-state index contributed by atoms with van der Waals surface area (Å²) in [7, 11) is 0. The quantitative estimate of drug-likeness (QED) is 0.629. The predicted octanol–water partition coefficient (Wildman–Crippen LogP) is 3.49. The minimum atomic E-state index is -1.03. The third-order valence-corrected chi connectivity index (χ3v) is 6.54. The Morgan fingerprint density at radius 2 is 2.06 bits per heavy atom. The molecule has 1 aromatic carbocycles. The lowest BCUT2D eigenvalue weighted by Gasteiger charge is -2.42. The van der Waals surface area contributed by atoms with E-state index in [-0.39, 0.29) is 23.3 Å². The highest BCUT2D eigenvalue weighted by atomic mass is 19.1. The Balaban J connectivity index is 1.65. The number of aromatic nitrogens is 2. The number of carbonyl (C=O) groups is 2. The molecule has 10 heteroatoms. The Bertz CT molecular complexity index is 1070. The van der Waals surface area contributed by atoms with Crippen LogP contribution in [0, 0.1) is 28.5 Å². The maximum absolute atomic E-state index is 13.2. The topological polar surface area (TPSA) is 137 Å². The Morgan fingerprint density at radius 1 is 1.38 bits per heavy atom. The van der Waals surface area contributed by atoms with E-state index >= 15 is 0 Å². The van der Waals surface area contributed by atoms with Crippen LogP contribution in [0.15, 0.2) is 30.5 Å². The number of likely N-dealkylation sites (tertiary alicyclic amines) is 1. The van der Waals surface area contributed by atoms with E-state index in [1.807, 2.05) is 0 Å². The normalized spacial score (nSPS) is 23.9. The highest BCUT2D eigenvalue weighted by Crippen LogP contribution is 2.52. The molecule has 1 saturated heterocycles. The van der Waals surface area contributed by atoms with Crippen LogP contribution in [0.1, 0.15) is 49.0 Å². The van der Waals surface area contributed by atoms with E-state index in [4.69, 9.17) is 5.73 Å². The van der Waals surface area contributed by atoms with Crippen LogP contribution in [0.3, 0.4) is 0 Å². The van der Waals surface area contributed by atoms with Crippen molar-refractivity contribution in [3.05, 3.63) is 41.8 Å². The Morgan fingerprint density at radius 3 is 2.62 bits per heavy atom. The first kappa shape index (κ1) is 21.6. The van der Waals surface area contributed by atoms with Crippen LogP contribution in [0.5, 0.6) is 0 Å². The fraction of sp³-hybridized carbons (Fsp3) is 0.455. The van der Waals surface area contributed by atoms with Crippen molar-refractivity contribution in [2.45, 2.75) is 44.7 Å². The number of rotatable bonds is 6. The van der Waals surface area contributed by atoms with Crippen LogP contribution in [0.2, 0.25) is 0 Å². The van der Waals surface area contributed by atoms with Gasteiger partial charge in [-0.25, -0.2) is 9.18 Å². The summed E-state index contributed by atoms with van der Waals surface area (Å²) in [6.45, 7) is 2.38. The van der Waals surface area contributed by atoms with Crippen LogP contribution < -0.4 is 11.1 Å². The molecule has 1 aliphatic carbocycles. The number of halogens is 1. The van der Waals surface area contributed by atoms with Gasteiger partial charge in [-0.2, -0.15) is 10.4 Å². The molecule has 1 aromatic heterocycles. The number of carbonyl (C=O) groups excluding carboxylic acids is 1. The summed E-state index contributed by atoms with van der Waals surface area (Å²) in [6.07, 6.45) is 3.48. The third-order valence-electron chi connectivity index (χ3n) is 6.54. The number of amides is 2. The van der Waals surface area contributed by atoms with Gasteiger partial charge in [-0.15, -0.1) is 0 Å². The molecule has 4 N–H and O–H groups in total. The van der Waals surface area contributed by atoms with Crippen LogP contribution in [-0.4, -0.2) is 44.4 Å². The number of hydrogen-bond donors (Lipinski definition) is 3. The number of carboxylic acid groups (broad SMARTS) is 1. The molecular formula is C22H25FN6O3. The Hall–Kier alpha value is -3.61. The van der Waals surface area contributed by atoms with E-state index in [9.17, 15) is 24.3 Å². The molecule has 3 atom stereocenters. The molecule has 1 aliphatic heterocycles. The largest absolute Gasteiger partial charge is 0.465 e. The summed E-state index contributed by atoms with van der Waals surface area (Å²) in [5.41, 5.74) is 6.25. The van der Waals surface area contributed by atoms with Gasteiger partial charge in [0.15, 0.2) is 5.82 Å². The number of benzene rings is 1. The highest BCUT2D eigenvalue weighted by Gasteiger charge is 2.48. The van der Waals surface area contributed by atoms with Crippen molar-refractivity contribution in [3.8, 4) is 6.07 Å². The van der Waals surface area contributed by atoms with E-state index in [0.717, 1.165) is 12.8 Å². The molecule has 2 amide bonds. The van der Waals surface area contributed by atoms with Gasteiger partial charge in [-0.1, -0.05) is 6.92 Å². The van der Waals surface area contributed by atoms with Crippen molar-refractivity contribution in [1.82, 2.24) is 14.7 Å². The van der Waals surface area contributed by atoms with Gasteiger partial charge in [0.05, 0.1) is 24.1 Å². The standard InChI is InChI=1S/C22H25FN6O3/c1-22(7-8-22)10-18-15(11-24)17(6-9-28(18)21(31)32)29-12-16(19(25)30)20(27-29)26-14-4-2-13(23)3-5-14/h2-5,12,15,17-18H,6-10H2,1H3,(H2,25,30)(H,26,27)(H,31,32)/t15-,17-,18?/m0/s1. The second-order valence-electron chi connectivity index (χ2n) is 8.94. The summed E-state index contributed by atoms with van der Waals surface area (Å²) in [4.78, 5) is 25.2. The Kier molecular flexibility index (Phi) is 5.50. The number of primary amides is 1. The van der Waals surface area contributed by atoms with Gasteiger partial charge < -0.3 is 21.1 Å². The zero-order valence-corrected chi connectivity index (χ0v) is 17.7. The lowest BCUT2D eigenvalue weighted by molar-refractivity contribution is 0.0547. The first-order valence-electron chi connectivity index (χ1n) is 10.5. The summed E-state index contributed by atoms with van der Waals surface area (Å²) in [6, 6.07) is 7.01. The molecule has 2 fully saturated rings. The molecule has 2 heterocycles. The van der Waals surface area contributed by atoms with Crippen molar-refractivity contribution in [1.29, 1.82) is 5.26 Å². The second-order valence-corrected chi connectivity index (χ2v) is 8.94. The lowest BCUT2D eigenvalue weighted by Crippen LogP contribution is -2.52. The average molecular weight is 440 g/mol. The van der Waals surface area contributed by atoms with Crippen molar-refractivity contribution < 1.29 is 19.1 Å². The molecule has 32 heavy (non-hydrogen) atoms. The molecule has 2 aliphatic rings. The molecule has 1 unspecified atom stereocenters. The number of nitrogens with two attached hydrogens (primary N) is 1. The lowest BCUT2D eigenvalue weighted by atomic mass is 9.80. The molecule has 168 valence electrons. The second kappa shape index (κ2) is 8.15. The van der Waals surface area contributed by atoms with Gasteiger partial charge in [-0.05, 0) is 55.4 Å². The fourth-order valence-electron chi connectivity index (χ4n) is 4.44. The van der Waals surface area contributed by atoms with E-state index < -0.39 is 35.8 Å². The molecule has 1 saturated carbocycles. The van der Waals surface area contributed by atoms with E-state index in [1.165, 1.54) is 35.4 Å². The molecule has 2 aromatic rings. The van der Waals surface area contributed by atoms with Crippen LogP contribution in [-0.2, 0) is 0 Å². The molecule has 0 bridgehead atoms. The number of hydrogen-bond acceptors (Lipinski definition) is 5. The fourth-order valence-corrected chi connectivity index (χ4v) is 4.44. The van der Waals surface area contributed by atoms with Gasteiger partial charge in [0.1, 0.15) is 11.4 Å². The summed E-state index contributed by atoms with van der Waals surface area (Å²) in [5.74, 6) is -1.52. The van der Waals surface area contributed by atoms with Crippen LogP contribution in [0.25, 0.3) is 0 Å². The summed E-state index contributed by atoms with van der Waals surface area (Å²) in [5, 5.41) is 27.2. The molecule has 9 nitrogen and oxygen atoms in total. The van der Waals surface area contributed by atoms with E-state index in [2.05, 4.69) is 23.4 Å². The van der Waals surface area contributed by atoms with Crippen LogP contribution in [0.4, 0.5) is 20.7 Å². The van der Waals surface area contributed by atoms with Gasteiger partial charge >= 0.3 is 6.09 Å². The minimum Gasteiger partial charge on any atom is -0.465 e. The van der Waals surface area contributed by atoms with Crippen molar-refractivity contribution in [2.24, 2.45) is 17.1 Å². The van der Waals surface area contributed by atoms with Crippen molar-refractivity contribution in [3.63, 3.8) is 0 Å². The molecule has 0 spiro atoms. The minimum absolute atomic E-state index is 0.0488. The average Bonchev–Trinajstić information content (AvgIpc) is 3.32. The SMILES string of the molecule is CC1(CC2[C@@H](C#N)[C@@H](n3cc(C(N)=O)c(Nc4ccc(F)cc4)n3)CCN2C(=O)O)CC1. The number of nitrogens with one attached hydrogen (secondary N) is 1. The number of anilines is 2. The molecular weight excluding hydrogens is 415 g/mol. The number of piperidine rings is 1. The molecule has 0 radical (unpaired) electrons. The Labute approximate surface area is 184 Å². The monoisotopic (exact) mass is 440 g/mol. The number of nitrogens with zero attached hydrogens (tertiary/aromatic N) is 4. The van der Waals surface area contributed by atoms with Crippen LogP contribution >= 0.6 is 0 Å². The summed E-state index contributed by atoms with van der Waals surface area (Å²) < 4.78 is 14.8. The first-order chi connectivity index (χ1) is 15.2. The van der Waals surface area contributed by atoms with Gasteiger partial charge in [0, 0.05) is 18.4 Å². The third kappa shape index (κ3) is 4.23. The highest BCUT2D eigenvalue weighted by molar-refractivity contribution is 5.98.